The molecule has 0 saturated heterocycles. The number of hydrogen-bond donors (Lipinski definition) is 1. The molecule has 0 atom stereocenters. The number of amides is 1. The van der Waals surface area contributed by atoms with Gasteiger partial charge in [-0.05, 0) is 17.9 Å². The molecule has 5 heteroatoms. The Labute approximate surface area is 96.4 Å². The molecule has 16 heavy (non-hydrogen) atoms. The molecule has 2 rings (SSSR count). The molecule has 2 aromatic heterocycles. The van der Waals surface area contributed by atoms with Crippen molar-refractivity contribution >= 4 is 17.2 Å². The Hall–Kier alpha value is -1.88. The zero-order valence-electron chi connectivity index (χ0n) is 8.47. The van der Waals surface area contributed by atoms with E-state index in [1.165, 1.54) is 11.3 Å². The van der Waals surface area contributed by atoms with Gasteiger partial charge in [-0.2, -0.15) is 0 Å². The van der Waals surface area contributed by atoms with E-state index in [-0.39, 0.29) is 5.69 Å². The summed E-state index contributed by atoms with van der Waals surface area (Å²) in [5.41, 5.74) is 6.10. The maximum Gasteiger partial charge on any atom is 0.271 e. The summed E-state index contributed by atoms with van der Waals surface area (Å²) in [4.78, 5) is 12.1. The van der Waals surface area contributed by atoms with Crippen molar-refractivity contribution in [1.29, 1.82) is 0 Å². The number of nitrogens with two attached hydrogens (primary N) is 1. The molecule has 82 valence electrons. The molecular weight excluding hydrogens is 224 g/mol. The third-order valence-corrected chi connectivity index (χ3v) is 2.98. The molecule has 2 aromatic rings. The van der Waals surface area contributed by atoms with Crippen LogP contribution in [-0.4, -0.2) is 11.1 Å². The van der Waals surface area contributed by atoms with Gasteiger partial charge in [0.15, 0.2) is 11.5 Å². The SMILES string of the molecule is C=CCc1c(C(N)=O)noc1-c1cccs1. The quantitative estimate of drug-likeness (QED) is 0.825. The molecule has 0 aromatic carbocycles. The number of rotatable bonds is 4. The maximum absolute atomic E-state index is 11.1. The lowest BCUT2D eigenvalue weighted by atomic mass is 10.1. The number of nitrogens with zero attached hydrogens (tertiary/aromatic N) is 1. The van der Waals surface area contributed by atoms with Gasteiger partial charge in [-0.25, -0.2) is 0 Å². The van der Waals surface area contributed by atoms with E-state index in [0.717, 1.165) is 4.88 Å². The molecule has 0 radical (unpaired) electrons. The Morgan fingerprint density at radius 3 is 3.06 bits per heavy atom. The van der Waals surface area contributed by atoms with Gasteiger partial charge in [0, 0.05) is 5.56 Å². The topological polar surface area (TPSA) is 69.1 Å². The van der Waals surface area contributed by atoms with Gasteiger partial charge in [-0.15, -0.1) is 17.9 Å². The number of thiophene rings is 1. The fraction of sp³-hybridized carbons (Fsp3) is 0.0909. The molecule has 2 heterocycles. The Morgan fingerprint density at radius 1 is 1.69 bits per heavy atom. The Bertz CT molecular complexity index is 514. The fourth-order valence-corrected chi connectivity index (χ4v) is 2.17. The van der Waals surface area contributed by atoms with Gasteiger partial charge in [0.05, 0.1) is 4.88 Å². The number of carbonyl (C=O) groups is 1. The predicted octanol–water partition coefficient (Wildman–Crippen LogP) is 2.23. The van der Waals surface area contributed by atoms with E-state index in [1.54, 1.807) is 6.08 Å². The molecule has 2 N–H and O–H groups in total. The first kappa shape index (κ1) is 10.6. The standard InChI is InChI=1S/C11H10N2O2S/c1-2-4-7-9(11(12)14)13-15-10(7)8-5-3-6-16-8/h2-3,5-6H,1,4H2,(H2,12,14). The Kier molecular flexibility index (Phi) is 2.87. The molecule has 4 nitrogen and oxygen atoms in total. The fourth-order valence-electron chi connectivity index (χ4n) is 1.44. The van der Waals surface area contributed by atoms with Crippen molar-refractivity contribution in [2.24, 2.45) is 5.73 Å². The van der Waals surface area contributed by atoms with Gasteiger partial charge in [0.2, 0.25) is 0 Å². The van der Waals surface area contributed by atoms with Gasteiger partial charge >= 0.3 is 0 Å². The number of carbonyl (C=O) groups excluding carboxylic acids is 1. The Morgan fingerprint density at radius 2 is 2.50 bits per heavy atom. The highest BCUT2D eigenvalue weighted by molar-refractivity contribution is 7.13. The zero-order valence-corrected chi connectivity index (χ0v) is 9.29. The van der Waals surface area contributed by atoms with Crippen LogP contribution in [-0.2, 0) is 6.42 Å². The average molecular weight is 234 g/mol. The summed E-state index contributed by atoms with van der Waals surface area (Å²) in [6.07, 6.45) is 2.20. The van der Waals surface area contributed by atoms with Crippen LogP contribution in [0.1, 0.15) is 16.1 Å². The zero-order chi connectivity index (χ0) is 11.5. The molecule has 0 aliphatic rings. The molecule has 0 unspecified atom stereocenters. The second-order valence-corrected chi connectivity index (χ2v) is 4.12. The van der Waals surface area contributed by atoms with Crippen LogP contribution in [0.3, 0.4) is 0 Å². The first-order valence-electron chi connectivity index (χ1n) is 4.67. The van der Waals surface area contributed by atoms with Crippen LogP contribution in [0.25, 0.3) is 10.6 Å². The van der Waals surface area contributed by atoms with Crippen molar-refractivity contribution in [1.82, 2.24) is 5.16 Å². The molecular formula is C11H10N2O2S. The second kappa shape index (κ2) is 4.32. The van der Waals surface area contributed by atoms with Crippen molar-refractivity contribution < 1.29 is 9.32 Å². The van der Waals surface area contributed by atoms with Crippen molar-refractivity contribution in [2.45, 2.75) is 6.42 Å². The van der Waals surface area contributed by atoms with Crippen LogP contribution in [0.4, 0.5) is 0 Å². The molecule has 0 aliphatic carbocycles. The minimum Gasteiger partial charge on any atom is -0.364 e. The van der Waals surface area contributed by atoms with E-state index in [2.05, 4.69) is 11.7 Å². The number of hydrogen-bond acceptors (Lipinski definition) is 4. The van der Waals surface area contributed by atoms with Crippen LogP contribution in [0, 0.1) is 0 Å². The van der Waals surface area contributed by atoms with Crippen LogP contribution in [0.5, 0.6) is 0 Å². The summed E-state index contributed by atoms with van der Waals surface area (Å²) in [5, 5.41) is 5.63. The summed E-state index contributed by atoms with van der Waals surface area (Å²) in [5.74, 6) is 0.0205. The third-order valence-electron chi connectivity index (χ3n) is 2.11. The van der Waals surface area contributed by atoms with E-state index in [0.29, 0.717) is 17.7 Å². The first-order chi connectivity index (χ1) is 7.74. The van der Waals surface area contributed by atoms with E-state index in [1.807, 2.05) is 17.5 Å². The lowest BCUT2D eigenvalue weighted by Crippen LogP contribution is -2.13. The highest BCUT2D eigenvalue weighted by Crippen LogP contribution is 2.30. The highest BCUT2D eigenvalue weighted by Gasteiger charge is 2.20. The summed E-state index contributed by atoms with van der Waals surface area (Å²) < 4.78 is 5.17. The largest absolute Gasteiger partial charge is 0.364 e. The molecule has 0 spiro atoms. The van der Waals surface area contributed by atoms with E-state index >= 15 is 0 Å². The second-order valence-electron chi connectivity index (χ2n) is 3.17. The molecule has 0 aliphatic heterocycles. The summed E-state index contributed by atoms with van der Waals surface area (Å²) in [7, 11) is 0. The molecule has 0 fully saturated rings. The van der Waals surface area contributed by atoms with Gasteiger partial charge in [0.25, 0.3) is 5.91 Å². The van der Waals surface area contributed by atoms with Crippen LogP contribution in [0.2, 0.25) is 0 Å². The lowest BCUT2D eigenvalue weighted by molar-refractivity contribution is 0.0991. The van der Waals surface area contributed by atoms with Crippen LogP contribution < -0.4 is 5.73 Å². The minimum atomic E-state index is -0.580. The van der Waals surface area contributed by atoms with Crippen molar-refractivity contribution in [3.8, 4) is 10.6 Å². The third kappa shape index (κ3) is 1.77. The number of allylic oxidation sites excluding steroid dienone is 1. The van der Waals surface area contributed by atoms with E-state index in [9.17, 15) is 4.79 Å². The van der Waals surface area contributed by atoms with Gasteiger partial charge in [0.1, 0.15) is 0 Å². The average Bonchev–Trinajstić information content (AvgIpc) is 2.84. The van der Waals surface area contributed by atoms with Crippen molar-refractivity contribution in [2.75, 3.05) is 0 Å². The van der Waals surface area contributed by atoms with E-state index < -0.39 is 5.91 Å². The van der Waals surface area contributed by atoms with Crippen LogP contribution >= 0.6 is 11.3 Å². The summed E-state index contributed by atoms with van der Waals surface area (Å²) >= 11 is 1.52. The summed E-state index contributed by atoms with van der Waals surface area (Å²) in [6.45, 7) is 3.64. The lowest BCUT2D eigenvalue weighted by Gasteiger charge is -1.96. The predicted molar refractivity (Wildman–Crippen MR) is 62.2 cm³/mol. The Balaban J connectivity index is 2.54. The van der Waals surface area contributed by atoms with Crippen molar-refractivity contribution in [3.63, 3.8) is 0 Å². The number of primary amides is 1. The van der Waals surface area contributed by atoms with E-state index in [4.69, 9.17) is 10.3 Å². The monoisotopic (exact) mass is 234 g/mol. The van der Waals surface area contributed by atoms with Gasteiger partial charge in [-0.3, -0.25) is 4.79 Å². The molecule has 0 bridgehead atoms. The first-order valence-corrected chi connectivity index (χ1v) is 5.55. The van der Waals surface area contributed by atoms with Gasteiger partial charge in [-0.1, -0.05) is 17.3 Å². The highest BCUT2D eigenvalue weighted by atomic mass is 32.1. The smallest absolute Gasteiger partial charge is 0.271 e. The molecule has 1 amide bonds. The normalized spacial score (nSPS) is 10.2. The maximum atomic E-state index is 11.1. The van der Waals surface area contributed by atoms with Crippen molar-refractivity contribution in [3.05, 3.63) is 41.4 Å². The van der Waals surface area contributed by atoms with Crippen LogP contribution in [0.15, 0.2) is 34.7 Å². The molecule has 0 saturated carbocycles. The minimum absolute atomic E-state index is 0.184. The summed E-state index contributed by atoms with van der Waals surface area (Å²) in [6, 6.07) is 3.81. The van der Waals surface area contributed by atoms with Gasteiger partial charge < -0.3 is 10.3 Å². The number of aromatic nitrogens is 1.